The zero-order valence-electron chi connectivity index (χ0n) is 15.4. The maximum Gasteiger partial charge on any atom is 0.191 e. The summed E-state index contributed by atoms with van der Waals surface area (Å²) in [4.78, 5) is 4.17. The second-order valence-electron chi connectivity index (χ2n) is 6.13. The summed E-state index contributed by atoms with van der Waals surface area (Å²) in [5.41, 5.74) is 0. The number of hydrogen-bond donors (Lipinski definition) is 2. The van der Waals surface area contributed by atoms with Gasteiger partial charge in [-0.1, -0.05) is 34.8 Å². The molecule has 1 fully saturated rings. The molecule has 0 radical (unpaired) electrons. The molecule has 1 aliphatic rings. The molecule has 0 aromatic heterocycles. The highest BCUT2D eigenvalue weighted by Crippen LogP contribution is 2.35. The molecule has 0 spiro atoms. The Morgan fingerprint density at radius 1 is 1.19 bits per heavy atom. The van der Waals surface area contributed by atoms with Gasteiger partial charge < -0.3 is 24.8 Å². The first-order valence-corrected chi connectivity index (χ1v) is 10.1. The van der Waals surface area contributed by atoms with E-state index in [4.69, 9.17) is 49.0 Å². The molecule has 0 saturated carbocycles. The van der Waals surface area contributed by atoms with Crippen LogP contribution in [-0.4, -0.2) is 59.1 Å². The predicted molar refractivity (Wildman–Crippen MR) is 111 cm³/mol. The van der Waals surface area contributed by atoms with Crippen LogP contribution in [0.1, 0.15) is 12.8 Å². The van der Waals surface area contributed by atoms with Gasteiger partial charge in [-0.05, 0) is 25.0 Å². The minimum Gasteiger partial charge on any atom is -0.489 e. The van der Waals surface area contributed by atoms with Gasteiger partial charge in [-0.2, -0.15) is 0 Å². The fourth-order valence-electron chi connectivity index (χ4n) is 2.56. The van der Waals surface area contributed by atoms with Crippen LogP contribution in [0.15, 0.2) is 17.1 Å². The van der Waals surface area contributed by atoms with E-state index in [9.17, 15) is 0 Å². The van der Waals surface area contributed by atoms with Crippen molar-refractivity contribution < 1.29 is 14.2 Å². The van der Waals surface area contributed by atoms with E-state index in [1.165, 1.54) is 0 Å². The molecule has 1 saturated heterocycles. The average molecular weight is 439 g/mol. The monoisotopic (exact) mass is 437 g/mol. The van der Waals surface area contributed by atoms with Crippen LogP contribution in [0.4, 0.5) is 0 Å². The fourth-order valence-corrected chi connectivity index (χ4v) is 3.48. The maximum absolute atomic E-state index is 6.09. The first kappa shape index (κ1) is 22.4. The van der Waals surface area contributed by atoms with E-state index in [1.54, 1.807) is 19.2 Å². The number of nitrogens with one attached hydrogen (secondary N) is 2. The number of benzene rings is 1. The second-order valence-corrected chi connectivity index (χ2v) is 7.38. The van der Waals surface area contributed by atoms with Crippen molar-refractivity contribution in [2.24, 2.45) is 10.9 Å². The Bertz CT molecular complexity index is 588. The van der Waals surface area contributed by atoms with Gasteiger partial charge in [0.1, 0.15) is 6.61 Å². The van der Waals surface area contributed by atoms with Crippen molar-refractivity contribution in [2.45, 2.75) is 12.8 Å². The van der Waals surface area contributed by atoms with E-state index in [1.807, 2.05) is 0 Å². The molecule has 1 atom stereocenters. The van der Waals surface area contributed by atoms with Gasteiger partial charge in [-0.3, -0.25) is 4.99 Å². The number of hydrogen-bond acceptors (Lipinski definition) is 4. The van der Waals surface area contributed by atoms with E-state index in [0.29, 0.717) is 45.8 Å². The summed E-state index contributed by atoms with van der Waals surface area (Å²) in [6.45, 7) is 4.89. The molecule has 2 N–H and O–H groups in total. The van der Waals surface area contributed by atoms with Gasteiger partial charge >= 0.3 is 0 Å². The SMILES string of the molecule is CN=C(NCCCOCC1CCOC1)NCCOc1c(Cl)cc(Cl)cc1Cl. The lowest BCUT2D eigenvalue weighted by Crippen LogP contribution is -2.40. The lowest BCUT2D eigenvalue weighted by molar-refractivity contribution is 0.0888. The number of guanidine groups is 1. The van der Waals surface area contributed by atoms with E-state index in [-0.39, 0.29) is 0 Å². The smallest absolute Gasteiger partial charge is 0.191 e. The van der Waals surface area contributed by atoms with Crippen LogP contribution in [0, 0.1) is 5.92 Å². The number of aliphatic imine (C=N–C) groups is 1. The third kappa shape index (κ3) is 8.32. The summed E-state index contributed by atoms with van der Waals surface area (Å²) >= 11 is 18.1. The topological polar surface area (TPSA) is 64.1 Å². The Balaban J connectivity index is 1.55. The van der Waals surface area contributed by atoms with Crippen molar-refractivity contribution in [1.82, 2.24) is 10.6 Å². The van der Waals surface area contributed by atoms with Crippen molar-refractivity contribution in [1.29, 1.82) is 0 Å². The number of ether oxygens (including phenoxy) is 3. The van der Waals surface area contributed by atoms with Crippen molar-refractivity contribution in [3.8, 4) is 5.75 Å². The molecule has 1 unspecified atom stereocenters. The first-order chi connectivity index (χ1) is 13.1. The van der Waals surface area contributed by atoms with Gasteiger partial charge in [0.2, 0.25) is 0 Å². The van der Waals surface area contributed by atoms with Crippen LogP contribution in [-0.2, 0) is 9.47 Å². The number of nitrogens with zero attached hydrogens (tertiary/aromatic N) is 1. The average Bonchev–Trinajstić information content (AvgIpc) is 3.14. The lowest BCUT2D eigenvalue weighted by atomic mass is 10.1. The van der Waals surface area contributed by atoms with Crippen molar-refractivity contribution in [2.75, 3.05) is 53.2 Å². The van der Waals surface area contributed by atoms with Crippen LogP contribution in [0.5, 0.6) is 5.75 Å². The van der Waals surface area contributed by atoms with Gasteiger partial charge in [0.15, 0.2) is 11.7 Å². The normalized spacial score (nSPS) is 17.2. The lowest BCUT2D eigenvalue weighted by Gasteiger charge is -2.14. The van der Waals surface area contributed by atoms with E-state index < -0.39 is 0 Å². The highest BCUT2D eigenvalue weighted by molar-refractivity contribution is 6.40. The van der Waals surface area contributed by atoms with Crippen LogP contribution in [0.25, 0.3) is 0 Å². The molecule has 0 amide bonds. The van der Waals surface area contributed by atoms with E-state index in [2.05, 4.69) is 15.6 Å². The van der Waals surface area contributed by atoms with Gasteiger partial charge in [0.05, 0.1) is 29.8 Å². The van der Waals surface area contributed by atoms with E-state index >= 15 is 0 Å². The second kappa shape index (κ2) is 12.5. The Kier molecular flexibility index (Phi) is 10.4. The highest BCUT2D eigenvalue weighted by Gasteiger charge is 2.15. The van der Waals surface area contributed by atoms with Crippen LogP contribution >= 0.6 is 34.8 Å². The molecule has 1 aromatic carbocycles. The Morgan fingerprint density at radius 3 is 2.59 bits per heavy atom. The molecule has 0 bridgehead atoms. The molecule has 1 aliphatic heterocycles. The van der Waals surface area contributed by atoms with E-state index in [0.717, 1.165) is 45.8 Å². The summed E-state index contributed by atoms with van der Waals surface area (Å²) in [7, 11) is 1.72. The third-order valence-corrected chi connectivity index (χ3v) is 4.74. The van der Waals surface area contributed by atoms with Crippen molar-refractivity contribution >= 4 is 40.8 Å². The standard InChI is InChI=1S/C18H26Cl3N3O3/c1-22-18(23-4-2-6-25-11-13-3-7-26-12-13)24-5-8-27-17-15(20)9-14(19)10-16(17)21/h9-10,13H,2-8,11-12H2,1H3,(H2,22,23,24). The Morgan fingerprint density at radius 2 is 1.93 bits per heavy atom. The summed E-state index contributed by atoms with van der Waals surface area (Å²) in [6.07, 6.45) is 2.00. The van der Waals surface area contributed by atoms with Crippen LogP contribution < -0.4 is 15.4 Å². The molecular formula is C18H26Cl3N3O3. The Labute approximate surface area is 175 Å². The maximum atomic E-state index is 6.09. The molecule has 2 rings (SSSR count). The zero-order valence-corrected chi connectivity index (χ0v) is 17.7. The highest BCUT2D eigenvalue weighted by atomic mass is 35.5. The summed E-state index contributed by atoms with van der Waals surface area (Å²) in [6, 6.07) is 3.19. The summed E-state index contributed by atoms with van der Waals surface area (Å²) < 4.78 is 16.6. The molecule has 152 valence electrons. The quantitative estimate of drug-likeness (QED) is 0.332. The van der Waals surface area contributed by atoms with Gasteiger partial charge in [-0.15, -0.1) is 0 Å². The van der Waals surface area contributed by atoms with Crippen molar-refractivity contribution in [3.63, 3.8) is 0 Å². The summed E-state index contributed by atoms with van der Waals surface area (Å²) in [5.74, 6) is 1.68. The van der Waals surface area contributed by atoms with Gasteiger partial charge in [-0.25, -0.2) is 0 Å². The minimum atomic E-state index is 0.383. The van der Waals surface area contributed by atoms with Crippen molar-refractivity contribution in [3.05, 3.63) is 27.2 Å². The summed E-state index contributed by atoms with van der Waals surface area (Å²) in [5, 5.41) is 7.65. The molecule has 1 heterocycles. The van der Waals surface area contributed by atoms with Gasteiger partial charge in [0.25, 0.3) is 0 Å². The van der Waals surface area contributed by atoms with Gasteiger partial charge in [0, 0.05) is 37.7 Å². The molecule has 6 nitrogen and oxygen atoms in total. The largest absolute Gasteiger partial charge is 0.489 e. The molecule has 9 heteroatoms. The molecular weight excluding hydrogens is 413 g/mol. The fraction of sp³-hybridized carbons (Fsp3) is 0.611. The number of rotatable bonds is 10. The first-order valence-electron chi connectivity index (χ1n) is 8.97. The Hall–Kier alpha value is -0.920. The number of halogens is 3. The minimum absolute atomic E-state index is 0.383. The molecule has 1 aromatic rings. The van der Waals surface area contributed by atoms with Crippen LogP contribution in [0.2, 0.25) is 15.1 Å². The predicted octanol–water partition coefficient (Wildman–Crippen LogP) is 3.63. The van der Waals surface area contributed by atoms with Crippen LogP contribution in [0.3, 0.4) is 0 Å². The molecule has 0 aliphatic carbocycles. The third-order valence-electron chi connectivity index (χ3n) is 3.96. The molecule has 27 heavy (non-hydrogen) atoms. The zero-order chi connectivity index (χ0) is 19.5.